The highest BCUT2D eigenvalue weighted by Gasteiger charge is 2.68. The van der Waals surface area contributed by atoms with Crippen LogP contribution in [0.4, 0.5) is 5.69 Å². The normalized spacial score (nSPS) is 42.7. The number of anilines is 1. The molecule has 3 nitrogen and oxygen atoms in total. The fourth-order valence-electron chi connectivity index (χ4n) is 7.16. The molecule has 4 aliphatic heterocycles. The number of benzene rings is 1. The van der Waals surface area contributed by atoms with E-state index in [4.69, 9.17) is 0 Å². The molecule has 4 heterocycles. The summed E-state index contributed by atoms with van der Waals surface area (Å²) in [5.41, 5.74) is 4.51. The first kappa shape index (κ1) is 15.0. The number of rotatable bonds is 1. The zero-order valence-electron chi connectivity index (χ0n) is 14.3. The SMILES string of the molecule is O=C1CC[C@@H]2[C@@H]3C[C@H]4N(CC[C@]45c4ccccc4N1[C@@H]25)C/C3=C\CBr. The van der Waals surface area contributed by atoms with Crippen LogP contribution in [-0.2, 0) is 10.2 Å². The van der Waals surface area contributed by atoms with Crippen LogP contribution in [0, 0.1) is 11.8 Å². The molecule has 130 valence electrons. The maximum absolute atomic E-state index is 13.0. The van der Waals surface area contributed by atoms with Crippen LogP contribution >= 0.6 is 15.9 Å². The van der Waals surface area contributed by atoms with E-state index in [0.717, 1.165) is 24.7 Å². The van der Waals surface area contributed by atoms with Crippen LogP contribution in [0.3, 0.4) is 0 Å². The van der Waals surface area contributed by atoms with Crippen LogP contribution in [0.2, 0.25) is 0 Å². The smallest absolute Gasteiger partial charge is 0.227 e. The van der Waals surface area contributed by atoms with Gasteiger partial charge in [0.1, 0.15) is 0 Å². The highest BCUT2D eigenvalue weighted by Crippen LogP contribution is 2.64. The number of carbonyl (C=O) groups is 1. The van der Waals surface area contributed by atoms with Gasteiger partial charge in [-0.1, -0.05) is 45.8 Å². The second-order valence-electron chi connectivity index (χ2n) is 8.48. The maximum atomic E-state index is 13.0. The number of para-hydroxylation sites is 1. The van der Waals surface area contributed by atoms with Crippen molar-refractivity contribution in [2.75, 3.05) is 23.3 Å². The lowest BCUT2D eigenvalue weighted by Crippen LogP contribution is -2.66. The minimum atomic E-state index is 0.188. The Kier molecular flexibility index (Phi) is 2.98. The second-order valence-corrected chi connectivity index (χ2v) is 9.13. The average molecular weight is 399 g/mol. The first-order chi connectivity index (χ1) is 12.3. The molecule has 2 bridgehead atoms. The van der Waals surface area contributed by atoms with Gasteiger partial charge in [0.25, 0.3) is 0 Å². The van der Waals surface area contributed by atoms with Crippen molar-refractivity contribution in [3.8, 4) is 0 Å². The summed E-state index contributed by atoms with van der Waals surface area (Å²) in [5.74, 6) is 1.65. The van der Waals surface area contributed by atoms with E-state index < -0.39 is 0 Å². The third-order valence-corrected chi connectivity index (χ3v) is 8.20. The van der Waals surface area contributed by atoms with Crippen LogP contribution in [-0.4, -0.2) is 41.3 Å². The van der Waals surface area contributed by atoms with Crippen molar-refractivity contribution < 1.29 is 4.79 Å². The van der Waals surface area contributed by atoms with Gasteiger partial charge in [0.15, 0.2) is 0 Å². The molecule has 1 spiro atoms. The van der Waals surface area contributed by atoms with E-state index in [1.54, 1.807) is 5.57 Å². The number of amides is 1. The van der Waals surface area contributed by atoms with Gasteiger partial charge in [-0.3, -0.25) is 9.69 Å². The summed E-state index contributed by atoms with van der Waals surface area (Å²) in [5, 5.41) is 0.947. The zero-order valence-corrected chi connectivity index (χ0v) is 15.9. The first-order valence-electron chi connectivity index (χ1n) is 9.66. The average Bonchev–Trinajstić information content (AvgIpc) is 3.17. The summed E-state index contributed by atoms with van der Waals surface area (Å²) in [6, 6.07) is 9.82. The second kappa shape index (κ2) is 4.98. The summed E-state index contributed by atoms with van der Waals surface area (Å²) >= 11 is 3.62. The Balaban J connectivity index is 1.60. The number of piperidine rings is 2. The fraction of sp³-hybridized carbons (Fsp3) is 0.571. The first-order valence-corrected chi connectivity index (χ1v) is 10.8. The monoisotopic (exact) mass is 398 g/mol. The summed E-state index contributed by atoms with van der Waals surface area (Å²) in [4.78, 5) is 17.9. The zero-order chi connectivity index (χ0) is 16.8. The third-order valence-electron chi connectivity index (χ3n) is 7.88. The summed E-state index contributed by atoms with van der Waals surface area (Å²) in [6.07, 6.45) is 6.71. The standard InChI is InChI=1S/C21H23BrN2O/c22-9-7-13-12-23-10-8-21-16-3-1-2-4-17(16)24-19(25)6-5-14(20(21)24)15(13)11-18(21)23/h1-4,7,14-15,18,20H,5-6,8-12H2/b13-7+/t14-,15-,18-,20+,21+/m1/s1. The Morgan fingerprint density at radius 2 is 2.20 bits per heavy atom. The predicted octanol–water partition coefficient (Wildman–Crippen LogP) is 3.48. The fourth-order valence-corrected chi connectivity index (χ4v) is 7.58. The number of fused-ring (bicyclic) bond motifs is 4. The molecule has 5 aliphatic rings. The minimum Gasteiger partial charge on any atom is -0.308 e. The van der Waals surface area contributed by atoms with Gasteiger partial charge >= 0.3 is 0 Å². The van der Waals surface area contributed by atoms with Crippen molar-refractivity contribution in [1.82, 2.24) is 4.90 Å². The van der Waals surface area contributed by atoms with Crippen molar-refractivity contribution in [2.45, 2.75) is 43.2 Å². The Bertz CT molecular complexity index is 805. The minimum absolute atomic E-state index is 0.188. The maximum Gasteiger partial charge on any atom is 0.227 e. The Hall–Kier alpha value is -1.13. The van der Waals surface area contributed by atoms with E-state index in [-0.39, 0.29) is 5.41 Å². The Morgan fingerprint density at radius 1 is 1.32 bits per heavy atom. The number of hydrogen-bond acceptors (Lipinski definition) is 2. The van der Waals surface area contributed by atoms with Crippen LogP contribution in [0.5, 0.6) is 0 Å². The van der Waals surface area contributed by atoms with Crippen molar-refractivity contribution >= 4 is 27.5 Å². The number of halogens is 1. The van der Waals surface area contributed by atoms with Gasteiger partial charge in [0.05, 0.1) is 6.04 Å². The van der Waals surface area contributed by atoms with Gasteiger partial charge in [-0.2, -0.15) is 0 Å². The van der Waals surface area contributed by atoms with Gasteiger partial charge in [-0.05, 0) is 49.3 Å². The molecule has 0 unspecified atom stereocenters. The lowest BCUT2D eigenvalue weighted by Gasteiger charge is -2.57. The molecule has 1 amide bonds. The molecule has 6 rings (SSSR count). The molecule has 4 heteroatoms. The highest BCUT2D eigenvalue weighted by atomic mass is 79.9. The van der Waals surface area contributed by atoms with E-state index in [1.165, 1.54) is 30.6 Å². The molecule has 1 aliphatic carbocycles. The van der Waals surface area contributed by atoms with E-state index >= 15 is 0 Å². The van der Waals surface area contributed by atoms with E-state index in [2.05, 4.69) is 56.1 Å². The number of allylic oxidation sites excluding steroid dienone is 1. The van der Waals surface area contributed by atoms with Crippen molar-refractivity contribution in [1.29, 1.82) is 0 Å². The number of nitrogens with zero attached hydrogens (tertiary/aromatic N) is 2. The molecular weight excluding hydrogens is 376 g/mol. The van der Waals surface area contributed by atoms with Gasteiger partial charge in [-0.25, -0.2) is 0 Å². The molecule has 1 aromatic rings. The van der Waals surface area contributed by atoms with Crippen molar-refractivity contribution in [3.05, 3.63) is 41.5 Å². The molecule has 4 fully saturated rings. The highest BCUT2D eigenvalue weighted by molar-refractivity contribution is 9.09. The largest absolute Gasteiger partial charge is 0.308 e. The summed E-state index contributed by atoms with van der Waals surface area (Å²) in [7, 11) is 0. The third kappa shape index (κ3) is 1.64. The Labute approximate surface area is 157 Å². The molecule has 25 heavy (non-hydrogen) atoms. The van der Waals surface area contributed by atoms with Crippen LogP contribution in [0.1, 0.15) is 31.2 Å². The quantitative estimate of drug-likeness (QED) is 0.533. The topological polar surface area (TPSA) is 23.6 Å². The molecule has 3 saturated heterocycles. The predicted molar refractivity (Wildman–Crippen MR) is 102 cm³/mol. The molecule has 5 atom stereocenters. The van der Waals surface area contributed by atoms with E-state index in [9.17, 15) is 4.79 Å². The van der Waals surface area contributed by atoms with Gasteiger partial charge in [-0.15, -0.1) is 0 Å². The van der Waals surface area contributed by atoms with Crippen LogP contribution in [0.25, 0.3) is 0 Å². The summed E-state index contributed by atoms with van der Waals surface area (Å²) < 4.78 is 0. The Morgan fingerprint density at radius 3 is 3.08 bits per heavy atom. The van der Waals surface area contributed by atoms with Gasteiger partial charge < -0.3 is 4.90 Å². The molecular formula is C21H23BrN2O. The van der Waals surface area contributed by atoms with Crippen molar-refractivity contribution in [3.63, 3.8) is 0 Å². The van der Waals surface area contributed by atoms with Crippen LogP contribution < -0.4 is 4.90 Å². The molecule has 1 saturated carbocycles. The van der Waals surface area contributed by atoms with Crippen molar-refractivity contribution in [2.24, 2.45) is 11.8 Å². The van der Waals surface area contributed by atoms with Gasteiger partial charge in [0.2, 0.25) is 5.91 Å². The molecule has 0 N–H and O–H groups in total. The number of hydrogen-bond donors (Lipinski definition) is 0. The molecule has 0 aromatic heterocycles. The lowest BCUT2D eigenvalue weighted by molar-refractivity contribution is -0.123. The van der Waals surface area contributed by atoms with E-state index in [0.29, 0.717) is 29.8 Å². The number of carbonyl (C=O) groups excluding carboxylic acids is 1. The lowest BCUT2D eigenvalue weighted by atomic mass is 9.54. The van der Waals surface area contributed by atoms with E-state index in [1.807, 2.05) is 0 Å². The molecule has 1 aromatic carbocycles. The number of alkyl halides is 1. The summed E-state index contributed by atoms with van der Waals surface area (Å²) in [6.45, 7) is 2.32. The van der Waals surface area contributed by atoms with Gasteiger partial charge in [0, 0.05) is 35.4 Å². The van der Waals surface area contributed by atoms with Crippen LogP contribution in [0.15, 0.2) is 35.9 Å². The molecule has 0 radical (unpaired) electrons.